The number of hydrogen-bond donors (Lipinski definition) is 1. The first kappa shape index (κ1) is 13.6. The maximum absolute atomic E-state index is 12.0. The van der Waals surface area contributed by atoms with Gasteiger partial charge in [-0.15, -0.1) is 10.2 Å². The largest absolute Gasteiger partial charge is 0.336 e. The smallest absolute Gasteiger partial charge is 0.324 e. The van der Waals surface area contributed by atoms with Crippen LogP contribution in [0.2, 0.25) is 0 Å². The van der Waals surface area contributed by atoms with Crippen LogP contribution in [-0.4, -0.2) is 51.6 Å². The molecule has 2 rings (SSSR count). The number of carbonyl (C=O) groups excluding carboxylic acids is 2. The fraction of sp³-hybridized carbons (Fsp3) is 0.556. The zero-order valence-corrected chi connectivity index (χ0v) is 12.3. The van der Waals surface area contributed by atoms with Crippen molar-refractivity contribution in [3.8, 4) is 0 Å². The van der Waals surface area contributed by atoms with Gasteiger partial charge in [0.2, 0.25) is 5.91 Å². The van der Waals surface area contributed by atoms with Gasteiger partial charge in [0, 0.05) is 13.1 Å². The van der Waals surface area contributed by atoms with E-state index in [1.165, 1.54) is 39.8 Å². The Labute approximate surface area is 117 Å². The molecule has 1 atom stereocenters. The van der Waals surface area contributed by atoms with Crippen LogP contribution in [0.3, 0.4) is 0 Å². The number of carbonyl (C=O) groups is 2. The first-order valence-corrected chi connectivity index (χ1v) is 8.17. The van der Waals surface area contributed by atoms with Gasteiger partial charge in [0.25, 0.3) is 0 Å². The standard InChI is InChI=1S/C9H12N4O2S3/c1-5(6(14)13-4-3-10-7(13)15)17-9-12-11-8(16-2)18-9/h5H,3-4H2,1-2H3,(H,10,15)/t5-/m1/s1. The van der Waals surface area contributed by atoms with Crippen LogP contribution in [0.1, 0.15) is 6.92 Å². The highest BCUT2D eigenvalue weighted by atomic mass is 32.2. The molecule has 1 N–H and O–H groups in total. The average Bonchev–Trinajstić information content (AvgIpc) is 2.97. The van der Waals surface area contributed by atoms with Crippen molar-refractivity contribution in [2.75, 3.05) is 19.3 Å². The minimum absolute atomic E-state index is 0.184. The van der Waals surface area contributed by atoms with E-state index < -0.39 is 0 Å². The predicted octanol–water partition coefficient (Wildman–Crippen LogP) is 1.29. The molecule has 1 saturated heterocycles. The van der Waals surface area contributed by atoms with Gasteiger partial charge in [-0.3, -0.25) is 9.69 Å². The van der Waals surface area contributed by atoms with Crippen molar-refractivity contribution in [2.45, 2.75) is 20.9 Å². The molecular formula is C9H12N4O2S3. The summed E-state index contributed by atoms with van der Waals surface area (Å²) in [4.78, 5) is 24.7. The first-order chi connectivity index (χ1) is 8.61. The second-order valence-corrected chi connectivity index (χ2v) is 7.14. The number of nitrogens with one attached hydrogen (secondary N) is 1. The quantitative estimate of drug-likeness (QED) is 0.845. The maximum atomic E-state index is 12.0. The van der Waals surface area contributed by atoms with Crippen LogP contribution in [0.15, 0.2) is 8.68 Å². The fourth-order valence-electron chi connectivity index (χ4n) is 1.43. The van der Waals surface area contributed by atoms with Gasteiger partial charge in [0.15, 0.2) is 8.68 Å². The molecule has 1 aromatic rings. The van der Waals surface area contributed by atoms with E-state index in [0.717, 1.165) is 8.68 Å². The van der Waals surface area contributed by atoms with Gasteiger partial charge >= 0.3 is 6.03 Å². The van der Waals surface area contributed by atoms with Crippen molar-refractivity contribution in [2.24, 2.45) is 0 Å². The molecule has 0 bridgehead atoms. The summed E-state index contributed by atoms with van der Waals surface area (Å²) in [5.41, 5.74) is 0. The van der Waals surface area contributed by atoms with Crippen LogP contribution < -0.4 is 5.32 Å². The normalized spacial score (nSPS) is 16.8. The lowest BCUT2D eigenvalue weighted by molar-refractivity contribution is -0.126. The number of nitrogens with zero attached hydrogens (tertiary/aromatic N) is 3. The van der Waals surface area contributed by atoms with Gasteiger partial charge in [-0.25, -0.2) is 4.79 Å². The molecule has 0 spiro atoms. The van der Waals surface area contributed by atoms with E-state index in [2.05, 4.69) is 15.5 Å². The summed E-state index contributed by atoms with van der Waals surface area (Å²) in [7, 11) is 0. The van der Waals surface area contributed by atoms with Crippen molar-refractivity contribution < 1.29 is 9.59 Å². The summed E-state index contributed by atoms with van der Waals surface area (Å²) < 4.78 is 1.62. The molecule has 1 aliphatic rings. The topological polar surface area (TPSA) is 75.2 Å². The number of rotatable bonds is 4. The Morgan fingerprint density at radius 3 is 2.78 bits per heavy atom. The lowest BCUT2D eigenvalue weighted by Gasteiger charge is -2.16. The highest BCUT2D eigenvalue weighted by molar-refractivity contribution is 8.03. The summed E-state index contributed by atoms with van der Waals surface area (Å²) >= 11 is 4.31. The molecule has 2 heterocycles. The van der Waals surface area contributed by atoms with Crippen molar-refractivity contribution >= 4 is 46.8 Å². The zero-order valence-electron chi connectivity index (χ0n) is 9.87. The minimum Gasteiger partial charge on any atom is -0.336 e. The van der Waals surface area contributed by atoms with Crippen LogP contribution in [0.5, 0.6) is 0 Å². The van der Waals surface area contributed by atoms with Crippen molar-refractivity contribution in [3.63, 3.8) is 0 Å². The highest BCUT2D eigenvalue weighted by Crippen LogP contribution is 2.30. The molecule has 0 aliphatic carbocycles. The van der Waals surface area contributed by atoms with E-state index in [1.807, 2.05) is 6.26 Å². The van der Waals surface area contributed by atoms with Crippen molar-refractivity contribution in [1.29, 1.82) is 0 Å². The number of aromatic nitrogens is 2. The van der Waals surface area contributed by atoms with Crippen molar-refractivity contribution in [3.05, 3.63) is 0 Å². The number of urea groups is 1. The maximum Gasteiger partial charge on any atom is 0.324 e. The molecule has 0 unspecified atom stereocenters. The summed E-state index contributed by atoms with van der Waals surface area (Å²) in [6, 6.07) is -0.311. The second-order valence-electron chi connectivity index (χ2n) is 3.52. The Hall–Kier alpha value is -0.800. The molecule has 0 saturated carbocycles. The third-order valence-corrected chi connectivity index (χ3v) is 5.38. The zero-order chi connectivity index (χ0) is 13.1. The molecular weight excluding hydrogens is 292 g/mol. The molecule has 3 amide bonds. The molecule has 18 heavy (non-hydrogen) atoms. The highest BCUT2D eigenvalue weighted by Gasteiger charge is 2.30. The first-order valence-electron chi connectivity index (χ1n) is 5.25. The van der Waals surface area contributed by atoms with Crippen LogP contribution >= 0.6 is 34.9 Å². The summed E-state index contributed by atoms with van der Waals surface area (Å²) in [5.74, 6) is -0.184. The van der Waals surface area contributed by atoms with Crippen molar-refractivity contribution in [1.82, 2.24) is 20.4 Å². The molecule has 1 aromatic heterocycles. The van der Waals surface area contributed by atoms with E-state index in [9.17, 15) is 9.59 Å². The number of imide groups is 1. The SMILES string of the molecule is CSc1nnc(S[C@H](C)C(=O)N2CCNC2=O)s1. The third-order valence-electron chi connectivity index (χ3n) is 2.31. The molecule has 98 valence electrons. The Kier molecular flexibility index (Phi) is 4.46. The van der Waals surface area contributed by atoms with Gasteiger partial charge in [-0.05, 0) is 13.2 Å². The van der Waals surface area contributed by atoms with Gasteiger partial charge in [-0.2, -0.15) is 0 Å². The Bertz CT molecular complexity index is 464. The van der Waals surface area contributed by atoms with Gasteiger partial charge < -0.3 is 5.32 Å². The average molecular weight is 304 g/mol. The van der Waals surface area contributed by atoms with E-state index in [4.69, 9.17) is 0 Å². The Morgan fingerprint density at radius 1 is 1.50 bits per heavy atom. The number of amides is 3. The lowest BCUT2D eigenvalue weighted by Crippen LogP contribution is -2.38. The third kappa shape index (κ3) is 2.96. The minimum atomic E-state index is -0.337. The van der Waals surface area contributed by atoms with Crippen LogP contribution in [0.4, 0.5) is 4.79 Å². The van der Waals surface area contributed by atoms with E-state index in [0.29, 0.717) is 13.1 Å². The summed E-state index contributed by atoms with van der Waals surface area (Å²) in [5, 5.41) is 10.2. The second kappa shape index (κ2) is 5.89. The van der Waals surface area contributed by atoms with Crippen LogP contribution in [0, 0.1) is 0 Å². The van der Waals surface area contributed by atoms with E-state index in [-0.39, 0.29) is 17.2 Å². The molecule has 0 aromatic carbocycles. The van der Waals surface area contributed by atoms with Gasteiger partial charge in [0.05, 0.1) is 5.25 Å². The molecule has 1 aliphatic heterocycles. The van der Waals surface area contributed by atoms with E-state index in [1.54, 1.807) is 6.92 Å². The molecule has 1 fully saturated rings. The molecule has 6 nitrogen and oxygen atoms in total. The van der Waals surface area contributed by atoms with Gasteiger partial charge in [-0.1, -0.05) is 34.9 Å². The van der Waals surface area contributed by atoms with Crippen LogP contribution in [0.25, 0.3) is 0 Å². The summed E-state index contributed by atoms with van der Waals surface area (Å²) in [6.07, 6.45) is 1.93. The Morgan fingerprint density at radius 2 is 2.22 bits per heavy atom. The van der Waals surface area contributed by atoms with Gasteiger partial charge in [0.1, 0.15) is 0 Å². The number of hydrogen-bond acceptors (Lipinski definition) is 7. The molecule has 9 heteroatoms. The summed E-state index contributed by atoms with van der Waals surface area (Å²) in [6.45, 7) is 2.74. The Balaban J connectivity index is 1.96. The van der Waals surface area contributed by atoms with Crippen LogP contribution in [-0.2, 0) is 4.79 Å². The number of thioether (sulfide) groups is 2. The predicted molar refractivity (Wildman–Crippen MR) is 72.1 cm³/mol. The van der Waals surface area contributed by atoms with E-state index >= 15 is 0 Å². The fourth-order valence-corrected chi connectivity index (χ4v) is 4.07. The molecule has 0 radical (unpaired) electrons. The monoisotopic (exact) mass is 304 g/mol. The lowest BCUT2D eigenvalue weighted by atomic mass is 10.4.